The molecule has 2 saturated heterocycles. The fourth-order valence-electron chi connectivity index (χ4n) is 3.30. The Bertz CT molecular complexity index is 834. The lowest BCUT2D eigenvalue weighted by Gasteiger charge is -2.24. The third-order valence-corrected chi connectivity index (χ3v) is 5.50. The highest BCUT2D eigenvalue weighted by molar-refractivity contribution is 6.31. The molecule has 0 spiro atoms. The lowest BCUT2D eigenvalue weighted by molar-refractivity contribution is -0.150. The zero-order valence-corrected chi connectivity index (χ0v) is 17.1. The summed E-state index contributed by atoms with van der Waals surface area (Å²) in [4.78, 5) is 0. The molecule has 0 aliphatic carbocycles. The smallest absolute Gasteiger partial charge is 0.193 e. The Hall–Kier alpha value is -1.54. The molecule has 6 nitrogen and oxygen atoms in total. The molecule has 2 heterocycles. The van der Waals surface area contributed by atoms with E-state index in [0.29, 0.717) is 47.8 Å². The normalized spacial score (nSPS) is 20.9. The summed E-state index contributed by atoms with van der Waals surface area (Å²) in [6, 6.07) is 10.7. The van der Waals surface area contributed by atoms with Crippen molar-refractivity contribution in [1.29, 1.82) is 0 Å². The molecule has 4 rings (SSSR count). The summed E-state index contributed by atoms with van der Waals surface area (Å²) in [6.07, 6.45) is 0. The van der Waals surface area contributed by atoms with E-state index in [1.54, 1.807) is 24.3 Å². The van der Waals surface area contributed by atoms with Crippen LogP contribution in [0.2, 0.25) is 10.0 Å². The molecule has 2 aromatic rings. The van der Waals surface area contributed by atoms with E-state index in [1.807, 2.05) is 26.0 Å². The summed E-state index contributed by atoms with van der Waals surface area (Å²) in [7, 11) is 0. The highest BCUT2D eigenvalue weighted by atomic mass is 35.5. The molecule has 2 aliphatic heterocycles. The molecule has 28 heavy (non-hydrogen) atoms. The Morgan fingerprint density at radius 1 is 0.679 bits per heavy atom. The number of hydrogen-bond acceptors (Lipinski definition) is 6. The molecular weight excluding hydrogens is 403 g/mol. The van der Waals surface area contributed by atoms with Crippen LogP contribution < -0.4 is 0 Å². The van der Waals surface area contributed by atoms with E-state index in [9.17, 15) is 0 Å². The van der Waals surface area contributed by atoms with Crippen LogP contribution in [0.3, 0.4) is 0 Å². The van der Waals surface area contributed by atoms with Gasteiger partial charge in [0.2, 0.25) is 0 Å². The summed E-state index contributed by atoms with van der Waals surface area (Å²) in [5.41, 5.74) is 2.71. The van der Waals surface area contributed by atoms with Crippen molar-refractivity contribution in [3.63, 3.8) is 0 Å². The van der Waals surface area contributed by atoms with Crippen molar-refractivity contribution in [3.05, 3.63) is 57.6 Å². The molecule has 2 fully saturated rings. The molecule has 2 aliphatic rings. The number of ether oxygens (including phenoxy) is 4. The lowest BCUT2D eigenvalue weighted by atomic mass is 10.1. The van der Waals surface area contributed by atoms with Gasteiger partial charge in [-0.05, 0) is 50.2 Å². The third kappa shape index (κ3) is 3.81. The number of hydrogen-bond donors (Lipinski definition) is 0. The van der Waals surface area contributed by atoms with Gasteiger partial charge in [-0.2, -0.15) is 10.2 Å². The largest absolute Gasteiger partial charge is 0.344 e. The van der Waals surface area contributed by atoms with Crippen molar-refractivity contribution < 1.29 is 18.9 Å². The Kier molecular flexibility index (Phi) is 5.44. The van der Waals surface area contributed by atoms with Crippen LogP contribution in [-0.4, -0.2) is 26.4 Å². The molecule has 0 aromatic heterocycles. The Morgan fingerprint density at radius 2 is 1.04 bits per heavy atom. The summed E-state index contributed by atoms with van der Waals surface area (Å²) in [5, 5.41) is 9.78. The Labute approximate surface area is 173 Å². The minimum atomic E-state index is -0.873. The van der Waals surface area contributed by atoms with Crippen LogP contribution in [0.15, 0.2) is 46.6 Å². The van der Waals surface area contributed by atoms with Crippen LogP contribution in [0, 0.1) is 0 Å². The fraction of sp³-hybridized carbons (Fsp3) is 0.400. The van der Waals surface area contributed by atoms with Crippen molar-refractivity contribution in [2.75, 3.05) is 26.4 Å². The second kappa shape index (κ2) is 7.71. The number of benzene rings is 2. The molecule has 0 bridgehead atoms. The van der Waals surface area contributed by atoms with Crippen molar-refractivity contribution in [1.82, 2.24) is 0 Å². The highest BCUT2D eigenvalue weighted by Gasteiger charge is 2.36. The van der Waals surface area contributed by atoms with Crippen molar-refractivity contribution in [3.8, 4) is 0 Å². The minimum absolute atomic E-state index is 0.523. The highest BCUT2D eigenvalue weighted by Crippen LogP contribution is 2.39. The van der Waals surface area contributed by atoms with Gasteiger partial charge in [-0.3, -0.25) is 0 Å². The number of halogens is 2. The lowest BCUT2D eigenvalue weighted by Crippen LogP contribution is -2.22. The van der Waals surface area contributed by atoms with Crippen molar-refractivity contribution in [2.45, 2.75) is 25.4 Å². The van der Waals surface area contributed by atoms with Gasteiger partial charge in [0.25, 0.3) is 0 Å². The van der Waals surface area contributed by atoms with Gasteiger partial charge in [-0.1, -0.05) is 23.2 Å². The van der Waals surface area contributed by atoms with Crippen LogP contribution >= 0.6 is 23.2 Å². The van der Waals surface area contributed by atoms with Crippen LogP contribution in [0.4, 0.5) is 11.4 Å². The van der Waals surface area contributed by atoms with Crippen molar-refractivity contribution >= 4 is 34.6 Å². The van der Waals surface area contributed by atoms with Gasteiger partial charge in [-0.25, -0.2) is 0 Å². The molecule has 0 N–H and O–H groups in total. The summed E-state index contributed by atoms with van der Waals surface area (Å²) >= 11 is 12.7. The van der Waals surface area contributed by atoms with E-state index in [4.69, 9.17) is 42.1 Å². The van der Waals surface area contributed by atoms with Gasteiger partial charge < -0.3 is 18.9 Å². The third-order valence-electron chi connectivity index (χ3n) is 4.84. The van der Waals surface area contributed by atoms with E-state index in [-0.39, 0.29) is 0 Å². The molecule has 0 unspecified atom stereocenters. The van der Waals surface area contributed by atoms with E-state index >= 15 is 0 Å². The summed E-state index contributed by atoms with van der Waals surface area (Å²) in [6.45, 7) is 5.78. The minimum Gasteiger partial charge on any atom is -0.344 e. The Morgan fingerprint density at radius 3 is 1.39 bits per heavy atom. The first-order chi connectivity index (χ1) is 13.4. The SMILES string of the molecule is CC1(c2cc(N=Nc3ccc(Cl)c(C4(C)OCCO4)c3)ccc2Cl)OCCO1. The van der Waals surface area contributed by atoms with Gasteiger partial charge in [0.1, 0.15) is 0 Å². The van der Waals surface area contributed by atoms with Crippen LogP contribution in [0.1, 0.15) is 25.0 Å². The maximum atomic E-state index is 6.33. The van der Waals surface area contributed by atoms with E-state index in [1.165, 1.54) is 0 Å². The van der Waals surface area contributed by atoms with Gasteiger partial charge in [0.05, 0.1) is 37.8 Å². The zero-order valence-electron chi connectivity index (χ0n) is 15.6. The molecule has 0 atom stereocenters. The predicted octanol–water partition coefficient (Wildman–Crippen LogP) is 5.85. The molecular formula is C20H20Cl2N2O4. The van der Waals surface area contributed by atoms with Gasteiger partial charge in [-0.15, -0.1) is 0 Å². The van der Waals surface area contributed by atoms with E-state index < -0.39 is 11.6 Å². The molecule has 2 aromatic carbocycles. The monoisotopic (exact) mass is 422 g/mol. The number of azo groups is 1. The second-order valence-electron chi connectivity index (χ2n) is 6.81. The molecule has 0 amide bonds. The predicted molar refractivity (Wildman–Crippen MR) is 106 cm³/mol. The van der Waals surface area contributed by atoms with Crippen molar-refractivity contribution in [2.24, 2.45) is 10.2 Å². The average molecular weight is 423 g/mol. The van der Waals surface area contributed by atoms with E-state index in [0.717, 1.165) is 11.1 Å². The molecule has 0 saturated carbocycles. The van der Waals surface area contributed by atoms with Gasteiger partial charge in [0.15, 0.2) is 11.6 Å². The number of rotatable bonds is 4. The van der Waals surface area contributed by atoms with Gasteiger partial charge in [0, 0.05) is 21.2 Å². The average Bonchev–Trinajstić information content (AvgIpc) is 3.32. The van der Waals surface area contributed by atoms with E-state index in [2.05, 4.69) is 10.2 Å². The maximum absolute atomic E-state index is 6.33. The topological polar surface area (TPSA) is 61.6 Å². The summed E-state index contributed by atoms with van der Waals surface area (Å²) < 4.78 is 22.8. The molecule has 8 heteroatoms. The molecule has 0 radical (unpaired) electrons. The quantitative estimate of drug-likeness (QED) is 0.579. The van der Waals surface area contributed by atoms with Gasteiger partial charge >= 0.3 is 0 Å². The maximum Gasteiger partial charge on any atom is 0.193 e. The second-order valence-corrected chi connectivity index (χ2v) is 7.63. The first-order valence-corrected chi connectivity index (χ1v) is 9.73. The van der Waals surface area contributed by atoms with Crippen LogP contribution in [0.5, 0.6) is 0 Å². The molecule has 148 valence electrons. The zero-order chi connectivity index (χ0) is 19.8. The van der Waals surface area contributed by atoms with Crippen LogP contribution in [0.25, 0.3) is 0 Å². The Balaban J connectivity index is 1.61. The fourth-order valence-corrected chi connectivity index (χ4v) is 3.88. The first kappa shape index (κ1) is 19.8. The summed E-state index contributed by atoms with van der Waals surface area (Å²) in [5.74, 6) is -1.75. The first-order valence-electron chi connectivity index (χ1n) is 8.97. The van der Waals surface area contributed by atoms with Crippen LogP contribution in [-0.2, 0) is 30.5 Å². The standard InChI is InChI=1S/C20H20Cl2N2O4/c1-19(25-7-8-26-19)15-11-13(3-5-17(15)21)23-24-14-4-6-18(22)16(12-14)20(2)27-9-10-28-20/h3-6,11-12H,7-10H2,1-2H3. The number of nitrogens with zero attached hydrogens (tertiary/aromatic N) is 2.